The lowest BCUT2D eigenvalue weighted by atomic mass is 9.84. The molecule has 9 nitrogen and oxygen atoms in total. The molecule has 0 N–H and O–H groups in total. The lowest BCUT2D eigenvalue weighted by molar-refractivity contribution is -0.385. The molecule has 1 aliphatic heterocycles. The van der Waals surface area contributed by atoms with E-state index in [-0.39, 0.29) is 29.3 Å². The largest absolute Gasteiger partial charge is 0.496 e. The Kier molecular flexibility index (Phi) is 8.87. The summed E-state index contributed by atoms with van der Waals surface area (Å²) in [6.07, 6.45) is 3.46. The Morgan fingerprint density at radius 3 is 2.38 bits per heavy atom. The molecular weight excluding hydrogens is 556 g/mol. The van der Waals surface area contributed by atoms with E-state index in [2.05, 4.69) is 37.8 Å². The summed E-state index contributed by atoms with van der Waals surface area (Å²) < 4.78 is 42.2. The van der Waals surface area contributed by atoms with E-state index in [1.165, 1.54) is 19.2 Å². The number of aryl methyl sites for hydroxylation is 1. The molecule has 42 heavy (non-hydrogen) atoms. The molecule has 3 aromatic rings. The van der Waals surface area contributed by atoms with Crippen molar-refractivity contribution in [2.24, 2.45) is 0 Å². The first kappa shape index (κ1) is 30.9. The first-order chi connectivity index (χ1) is 19.8. The Hall–Kier alpha value is -4.05. The Balaban J connectivity index is 1.84. The van der Waals surface area contributed by atoms with Crippen molar-refractivity contribution in [3.8, 4) is 28.4 Å². The number of anilines is 1. The molecule has 0 saturated heterocycles. The SMILES string of the molecule is CCCCS(=O)(=O)Oc1ccc(-c2ccc3c(c2COc2cc([N+](=O)[O-])ccc2C)C(C)=CC(C)(C)N3C)c(OC)c1. The van der Waals surface area contributed by atoms with E-state index in [4.69, 9.17) is 13.7 Å². The average molecular weight is 595 g/mol. The van der Waals surface area contributed by atoms with Gasteiger partial charge in [0.1, 0.15) is 23.9 Å². The van der Waals surface area contributed by atoms with E-state index in [1.807, 2.05) is 27.0 Å². The summed E-state index contributed by atoms with van der Waals surface area (Å²) in [5.74, 6) is 0.975. The number of unbranched alkanes of at least 4 members (excludes halogenated alkanes) is 1. The van der Waals surface area contributed by atoms with E-state index >= 15 is 0 Å². The van der Waals surface area contributed by atoms with E-state index < -0.39 is 15.0 Å². The fraction of sp³-hybridized carbons (Fsp3) is 0.375. The van der Waals surface area contributed by atoms with Crippen LogP contribution in [0.1, 0.15) is 57.2 Å². The molecule has 0 unspecified atom stereocenters. The molecule has 0 aliphatic carbocycles. The van der Waals surface area contributed by atoms with Gasteiger partial charge in [0, 0.05) is 41.6 Å². The second-order valence-electron chi connectivity index (χ2n) is 11.1. The van der Waals surface area contributed by atoms with Gasteiger partial charge in [0.25, 0.3) is 5.69 Å². The highest BCUT2D eigenvalue weighted by Gasteiger charge is 2.31. The standard InChI is InChI=1S/C32H38N2O7S/c1-8-9-16-42(37,38)41-24-12-13-26(30(18-24)39-7)25-14-15-28-31(22(3)19-32(4,5)33(28)6)27(25)20-40-29-17-23(34(35)36)11-10-21(29)2/h10-15,17-19H,8-9,16,20H2,1-7H3. The van der Waals surface area contributed by atoms with Crippen LogP contribution < -0.4 is 18.6 Å². The third-order valence-electron chi connectivity index (χ3n) is 7.67. The van der Waals surface area contributed by atoms with Gasteiger partial charge in [-0.25, -0.2) is 0 Å². The van der Waals surface area contributed by atoms with Crippen LogP contribution in [0, 0.1) is 17.0 Å². The minimum absolute atomic E-state index is 0.0466. The van der Waals surface area contributed by atoms with Crippen LogP contribution in [0.25, 0.3) is 16.7 Å². The number of benzene rings is 3. The lowest BCUT2D eigenvalue weighted by Crippen LogP contribution is -2.42. The molecule has 1 heterocycles. The highest BCUT2D eigenvalue weighted by molar-refractivity contribution is 7.87. The van der Waals surface area contributed by atoms with E-state index in [9.17, 15) is 18.5 Å². The fourth-order valence-electron chi connectivity index (χ4n) is 5.23. The molecule has 0 radical (unpaired) electrons. The van der Waals surface area contributed by atoms with Crippen molar-refractivity contribution in [3.63, 3.8) is 0 Å². The van der Waals surface area contributed by atoms with Gasteiger partial charge in [0.15, 0.2) is 0 Å². The number of hydrogen-bond acceptors (Lipinski definition) is 8. The number of non-ortho nitro benzene ring substituents is 1. The molecule has 0 atom stereocenters. The number of methoxy groups -OCH3 is 1. The van der Waals surface area contributed by atoms with Crippen LogP contribution in [-0.4, -0.2) is 38.8 Å². The highest BCUT2D eigenvalue weighted by Crippen LogP contribution is 2.45. The topological polar surface area (TPSA) is 108 Å². The van der Waals surface area contributed by atoms with Crippen LogP contribution in [-0.2, 0) is 16.7 Å². The number of hydrogen-bond donors (Lipinski definition) is 0. The Labute approximate surface area is 248 Å². The molecule has 10 heteroatoms. The minimum atomic E-state index is -3.73. The van der Waals surface area contributed by atoms with Gasteiger partial charge in [-0.3, -0.25) is 10.1 Å². The quantitative estimate of drug-likeness (QED) is 0.129. The lowest BCUT2D eigenvalue weighted by Gasteiger charge is -2.41. The number of ether oxygens (including phenoxy) is 2. The van der Waals surface area contributed by atoms with Gasteiger partial charge in [-0.2, -0.15) is 8.42 Å². The normalized spacial score (nSPS) is 14.2. The summed E-state index contributed by atoms with van der Waals surface area (Å²) in [5, 5.41) is 11.4. The number of nitrogens with zero attached hydrogens (tertiary/aromatic N) is 2. The van der Waals surface area contributed by atoms with Crippen LogP contribution in [0.4, 0.5) is 11.4 Å². The van der Waals surface area contributed by atoms with Crippen LogP contribution in [0.3, 0.4) is 0 Å². The maximum Gasteiger partial charge on any atom is 0.309 e. The van der Waals surface area contributed by atoms with Crippen LogP contribution in [0.2, 0.25) is 0 Å². The van der Waals surface area contributed by atoms with Gasteiger partial charge in [0.2, 0.25) is 0 Å². The molecule has 1 aliphatic rings. The summed E-state index contributed by atoms with van der Waals surface area (Å²) >= 11 is 0. The van der Waals surface area contributed by atoms with Crippen LogP contribution >= 0.6 is 0 Å². The summed E-state index contributed by atoms with van der Waals surface area (Å²) in [4.78, 5) is 13.2. The van der Waals surface area contributed by atoms with Crippen LogP contribution in [0.5, 0.6) is 17.2 Å². The zero-order valence-corrected chi connectivity index (χ0v) is 26.0. The highest BCUT2D eigenvalue weighted by atomic mass is 32.2. The van der Waals surface area contributed by atoms with Gasteiger partial charge in [-0.05, 0) is 75.1 Å². The van der Waals surface area contributed by atoms with Crippen molar-refractivity contribution in [1.29, 1.82) is 0 Å². The zero-order chi connectivity index (χ0) is 30.8. The number of nitro groups is 1. The Morgan fingerprint density at radius 1 is 1.00 bits per heavy atom. The maximum absolute atomic E-state index is 12.4. The van der Waals surface area contributed by atoms with Gasteiger partial charge in [-0.15, -0.1) is 0 Å². The molecule has 0 amide bonds. The summed E-state index contributed by atoms with van der Waals surface area (Å²) in [6, 6.07) is 13.6. The molecule has 0 fully saturated rings. The fourth-order valence-corrected chi connectivity index (χ4v) is 6.35. The van der Waals surface area contributed by atoms with Crippen molar-refractivity contribution in [3.05, 3.63) is 81.4 Å². The van der Waals surface area contributed by atoms with E-state index in [0.29, 0.717) is 17.9 Å². The minimum Gasteiger partial charge on any atom is -0.496 e. The predicted octanol–water partition coefficient (Wildman–Crippen LogP) is 7.30. The smallest absolute Gasteiger partial charge is 0.309 e. The molecule has 224 valence electrons. The van der Waals surface area contributed by atoms with Crippen molar-refractivity contribution in [2.75, 3.05) is 24.8 Å². The van der Waals surface area contributed by atoms with Crippen molar-refractivity contribution >= 4 is 27.1 Å². The predicted molar refractivity (Wildman–Crippen MR) is 166 cm³/mol. The number of rotatable bonds is 11. The van der Waals surface area contributed by atoms with Crippen molar-refractivity contribution < 1.29 is 27.0 Å². The van der Waals surface area contributed by atoms with Gasteiger partial charge >= 0.3 is 10.1 Å². The third-order valence-corrected chi connectivity index (χ3v) is 8.90. The van der Waals surface area contributed by atoms with E-state index in [1.54, 1.807) is 24.3 Å². The third kappa shape index (κ3) is 6.38. The molecule has 0 saturated carbocycles. The molecule has 4 rings (SSSR count). The van der Waals surface area contributed by atoms with Gasteiger partial charge in [-0.1, -0.05) is 25.5 Å². The van der Waals surface area contributed by atoms with Crippen molar-refractivity contribution in [1.82, 2.24) is 0 Å². The average Bonchev–Trinajstić information content (AvgIpc) is 2.93. The van der Waals surface area contributed by atoms with Gasteiger partial charge in [0.05, 0.1) is 29.4 Å². The summed E-state index contributed by atoms with van der Waals surface area (Å²) in [5.41, 5.74) is 6.05. The number of fused-ring (bicyclic) bond motifs is 1. The first-order valence-corrected chi connectivity index (χ1v) is 15.4. The molecular formula is C32H38N2O7S. The second-order valence-corrected chi connectivity index (χ2v) is 12.8. The summed E-state index contributed by atoms with van der Waals surface area (Å²) in [6.45, 7) is 10.3. The zero-order valence-electron chi connectivity index (χ0n) is 25.2. The maximum atomic E-state index is 12.4. The Bertz CT molecular complexity index is 1640. The second kappa shape index (κ2) is 12.1. The number of likely N-dealkylation sites (N-methyl/N-ethyl adjacent to an activating group) is 1. The number of allylic oxidation sites excluding steroid dienone is 1. The summed E-state index contributed by atoms with van der Waals surface area (Å²) in [7, 11) is -0.165. The first-order valence-electron chi connectivity index (χ1n) is 13.9. The monoisotopic (exact) mass is 594 g/mol. The van der Waals surface area contributed by atoms with Gasteiger partial charge < -0.3 is 18.6 Å². The number of nitro benzene ring substituents is 1. The van der Waals surface area contributed by atoms with Crippen molar-refractivity contribution in [2.45, 2.75) is 59.6 Å². The Morgan fingerprint density at radius 2 is 1.71 bits per heavy atom. The molecule has 3 aromatic carbocycles. The van der Waals surface area contributed by atoms with Crippen LogP contribution in [0.15, 0.2) is 54.6 Å². The molecule has 0 aromatic heterocycles. The molecule has 0 spiro atoms. The molecule has 0 bridgehead atoms. The van der Waals surface area contributed by atoms with E-state index in [0.717, 1.165) is 45.5 Å².